The maximum Gasteiger partial charge on any atom is 0.392 e. The van der Waals surface area contributed by atoms with E-state index in [9.17, 15) is 27.9 Å². The predicted octanol–water partition coefficient (Wildman–Crippen LogP) is 3.21. The SMILES string of the molecule is O=C(CC1(C(=O)O)CCC1)N1CC[C@H](C(F)(F)F)C2(CCC2)C1. The van der Waals surface area contributed by atoms with Gasteiger partial charge in [-0.15, -0.1) is 0 Å². The fourth-order valence-corrected chi connectivity index (χ4v) is 4.49. The lowest BCUT2D eigenvalue weighted by Crippen LogP contribution is -2.58. The van der Waals surface area contributed by atoms with E-state index in [1.165, 1.54) is 4.90 Å². The molecule has 2 aliphatic carbocycles. The number of carbonyl (C=O) groups excluding carboxylic acids is 1. The van der Waals surface area contributed by atoms with E-state index >= 15 is 0 Å². The van der Waals surface area contributed by atoms with Crippen LogP contribution in [0.5, 0.6) is 0 Å². The van der Waals surface area contributed by atoms with Crippen molar-refractivity contribution in [3.8, 4) is 0 Å². The van der Waals surface area contributed by atoms with Crippen molar-refractivity contribution in [2.45, 2.75) is 57.5 Å². The quantitative estimate of drug-likeness (QED) is 0.863. The number of rotatable bonds is 3. The standard InChI is InChI=1S/C16H22F3NO3/c17-16(18,19)11-3-8-20(10-15(11)6-2-7-15)12(21)9-14(13(22)23)4-1-5-14/h11H,1-10H2,(H,22,23)/t11-/m0/s1. The molecule has 3 aliphatic rings. The van der Waals surface area contributed by atoms with E-state index in [-0.39, 0.29) is 31.8 Å². The number of hydrogen-bond donors (Lipinski definition) is 1. The number of likely N-dealkylation sites (tertiary alicyclic amines) is 1. The molecule has 23 heavy (non-hydrogen) atoms. The normalized spacial score (nSPS) is 28.8. The Bertz CT molecular complexity index is 509. The number of aliphatic carboxylic acids is 1. The molecule has 1 spiro atoms. The van der Waals surface area contributed by atoms with Crippen molar-refractivity contribution < 1.29 is 27.9 Å². The number of alkyl halides is 3. The monoisotopic (exact) mass is 333 g/mol. The smallest absolute Gasteiger partial charge is 0.392 e. The number of piperidine rings is 1. The largest absolute Gasteiger partial charge is 0.481 e. The fraction of sp³-hybridized carbons (Fsp3) is 0.875. The number of halogens is 3. The van der Waals surface area contributed by atoms with E-state index in [1.807, 2.05) is 0 Å². The van der Waals surface area contributed by atoms with Crippen molar-refractivity contribution >= 4 is 11.9 Å². The first-order valence-electron chi connectivity index (χ1n) is 8.27. The molecule has 2 saturated carbocycles. The second-order valence-corrected chi connectivity index (χ2v) is 7.53. The molecule has 7 heteroatoms. The van der Waals surface area contributed by atoms with Crippen molar-refractivity contribution in [2.75, 3.05) is 13.1 Å². The number of carbonyl (C=O) groups is 2. The first kappa shape index (κ1) is 16.6. The van der Waals surface area contributed by atoms with E-state index in [4.69, 9.17) is 0 Å². The summed E-state index contributed by atoms with van der Waals surface area (Å²) < 4.78 is 39.7. The Morgan fingerprint density at radius 1 is 1.13 bits per heavy atom. The Hall–Kier alpha value is -1.27. The van der Waals surface area contributed by atoms with Gasteiger partial charge in [0.1, 0.15) is 0 Å². The molecule has 3 fully saturated rings. The second kappa shape index (κ2) is 5.38. The number of hydrogen-bond acceptors (Lipinski definition) is 2. The maximum atomic E-state index is 13.2. The minimum absolute atomic E-state index is 0.0602. The van der Waals surface area contributed by atoms with Crippen LogP contribution in [0.1, 0.15) is 51.4 Å². The van der Waals surface area contributed by atoms with Gasteiger partial charge >= 0.3 is 12.1 Å². The highest BCUT2D eigenvalue weighted by atomic mass is 19.4. The van der Waals surface area contributed by atoms with E-state index in [2.05, 4.69) is 0 Å². The molecule has 0 unspecified atom stereocenters. The maximum absolute atomic E-state index is 13.2. The van der Waals surface area contributed by atoms with Crippen LogP contribution in [-0.2, 0) is 9.59 Å². The van der Waals surface area contributed by atoms with Gasteiger partial charge in [-0.25, -0.2) is 0 Å². The lowest BCUT2D eigenvalue weighted by atomic mass is 9.58. The van der Waals surface area contributed by atoms with Gasteiger partial charge in [0.2, 0.25) is 5.91 Å². The zero-order chi connectivity index (χ0) is 16.9. The summed E-state index contributed by atoms with van der Waals surface area (Å²) in [5, 5.41) is 9.32. The van der Waals surface area contributed by atoms with Crippen LogP contribution in [-0.4, -0.2) is 41.1 Å². The first-order valence-corrected chi connectivity index (χ1v) is 8.27. The molecule has 0 bridgehead atoms. The van der Waals surface area contributed by atoms with Gasteiger partial charge in [-0.1, -0.05) is 12.8 Å². The molecule has 4 nitrogen and oxygen atoms in total. The van der Waals surface area contributed by atoms with Crippen LogP contribution in [0.4, 0.5) is 13.2 Å². The second-order valence-electron chi connectivity index (χ2n) is 7.53. The molecule has 3 rings (SSSR count). The molecule has 0 aromatic rings. The number of carboxylic acids is 1. The molecule has 0 radical (unpaired) electrons. The van der Waals surface area contributed by atoms with Gasteiger partial charge in [0.25, 0.3) is 0 Å². The summed E-state index contributed by atoms with van der Waals surface area (Å²) in [6, 6.07) is 0. The Kier molecular flexibility index (Phi) is 3.88. The van der Waals surface area contributed by atoms with Crippen molar-refractivity contribution in [3.05, 3.63) is 0 Å². The van der Waals surface area contributed by atoms with Crippen LogP contribution in [0.25, 0.3) is 0 Å². The Labute approximate surface area is 133 Å². The molecule has 1 saturated heterocycles. The van der Waals surface area contributed by atoms with E-state index < -0.39 is 28.9 Å². The predicted molar refractivity (Wildman–Crippen MR) is 75.6 cm³/mol. The summed E-state index contributed by atoms with van der Waals surface area (Å²) in [5.74, 6) is -2.58. The van der Waals surface area contributed by atoms with Crippen molar-refractivity contribution in [2.24, 2.45) is 16.7 Å². The Morgan fingerprint density at radius 2 is 1.74 bits per heavy atom. The van der Waals surface area contributed by atoms with Crippen molar-refractivity contribution in [3.63, 3.8) is 0 Å². The van der Waals surface area contributed by atoms with Crippen LogP contribution in [0, 0.1) is 16.7 Å². The summed E-state index contributed by atoms with van der Waals surface area (Å²) in [7, 11) is 0. The molecule has 0 aromatic carbocycles. The van der Waals surface area contributed by atoms with Gasteiger partial charge in [0.15, 0.2) is 0 Å². The zero-order valence-corrected chi connectivity index (χ0v) is 13.0. The van der Waals surface area contributed by atoms with Gasteiger partial charge in [0.05, 0.1) is 11.3 Å². The molecule has 1 atom stereocenters. The summed E-state index contributed by atoms with van der Waals surface area (Å²) in [6.45, 7) is 0.214. The molecule has 130 valence electrons. The highest BCUT2D eigenvalue weighted by Crippen LogP contribution is 2.56. The zero-order valence-electron chi connectivity index (χ0n) is 13.0. The van der Waals surface area contributed by atoms with Crippen LogP contribution in [0.3, 0.4) is 0 Å². The summed E-state index contributed by atoms with van der Waals surface area (Å²) >= 11 is 0. The highest BCUT2D eigenvalue weighted by molar-refractivity contribution is 5.85. The fourth-order valence-electron chi connectivity index (χ4n) is 4.49. The van der Waals surface area contributed by atoms with E-state index in [1.54, 1.807) is 0 Å². The minimum atomic E-state index is -4.22. The summed E-state index contributed by atoms with van der Waals surface area (Å²) in [6.07, 6.45) is -0.809. The van der Waals surface area contributed by atoms with Gasteiger partial charge in [-0.3, -0.25) is 9.59 Å². The van der Waals surface area contributed by atoms with Gasteiger partial charge in [0, 0.05) is 19.5 Å². The van der Waals surface area contributed by atoms with Crippen LogP contribution < -0.4 is 0 Å². The van der Waals surface area contributed by atoms with Crippen LogP contribution in [0.15, 0.2) is 0 Å². The molecule has 1 amide bonds. The van der Waals surface area contributed by atoms with Gasteiger partial charge < -0.3 is 10.0 Å². The Morgan fingerprint density at radius 3 is 2.13 bits per heavy atom. The van der Waals surface area contributed by atoms with Crippen molar-refractivity contribution in [1.29, 1.82) is 0 Å². The Balaban J connectivity index is 1.68. The molecule has 1 aliphatic heterocycles. The molecule has 1 N–H and O–H groups in total. The third-order valence-electron chi connectivity index (χ3n) is 6.28. The van der Waals surface area contributed by atoms with Gasteiger partial charge in [-0.05, 0) is 37.5 Å². The third-order valence-corrected chi connectivity index (χ3v) is 6.28. The summed E-state index contributed by atoms with van der Waals surface area (Å²) in [4.78, 5) is 25.3. The summed E-state index contributed by atoms with van der Waals surface area (Å²) in [5.41, 5.74) is -1.81. The van der Waals surface area contributed by atoms with E-state index in [0.717, 1.165) is 12.8 Å². The van der Waals surface area contributed by atoms with Crippen LogP contribution in [0.2, 0.25) is 0 Å². The minimum Gasteiger partial charge on any atom is -0.481 e. The highest BCUT2D eigenvalue weighted by Gasteiger charge is 2.59. The lowest BCUT2D eigenvalue weighted by Gasteiger charge is -2.54. The van der Waals surface area contributed by atoms with Gasteiger partial charge in [-0.2, -0.15) is 13.2 Å². The third kappa shape index (κ3) is 2.72. The average Bonchev–Trinajstić information content (AvgIpc) is 2.38. The average molecular weight is 333 g/mol. The lowest BCUT2D eigenvalue weighted by molar-refractivity contribution is -0.237. The molecular weight excluding hydrogens is 311 g/mol. The molecule has 1 heterocycles. The number of amides is 1. The number of carboxylic acid groups (broad SMARTS) is 1. The van der Waals surface area contributed by atoms with Crippen LogP contribution >= 0.6 is 0 Å². The number of nitrogens with zero attached hydrogens (tertiary/aromatic N) is 1. The topological polar surface area (TPSA) is 57.6 Å². The van der Waals surface area contributed by atoms with E-state index in [0.29, 0.717) is 25.7 Å². The van der Waals surface area contributed by atoms with Crippen molar-refractivity contribution in [1.82, 2.24) is 4.90 Å². The molecular formula is C16H22F3NO3. The molecule has 0 aromatic heterocycles. The first-order chi connectivity index (χ1) is 10.7.